The maximum Gasteiger partial charge on any atom is 0.234 e. The van der Waals surface area contributed by atoms with Crippen molar-refractivity contribution in [1.29, 1.82) is 0 Å². The second kappa shape index (κ2) is 5.00. The molecule has 2 fully saturated rings. The van der Waals surface area contributed by atoms with Crippen LogP contribution in [0.3, 0.4) is 0 Å². The van der Waals surface area contributed by atoms with Crippen molar-refractivity contribution in [3.63, 3.8) is 0 Å². The van der Waals surface area contributed by atoms with Gasteiger partial charge in [-0.05, 0) is 19.3 Å². The van der Waals surface area contributed by atoms with Gasteiger partial charge < -0.3 is 10.5 Å². The van der Waals surface area contributed by atoms with E-state index in [1.165, 1.54) is 12.8 Å². The number of hydrogen-bond acceptors (Lipinski definition) is 6. The lowest BCUT2D eigenvalue weighted by atomic mass is 9.72. The van der Waals surface area contributed by atoms with Gasteiger partial charge >= 0.3 is 0 Å². The van der Waals surface area contributed by atoms with Gasteiger partial charge in [0, 0.05) is 24.0 Å². The summed E-state index contributed by atoms with van der Waals surface area (Å²) in [7, 11) is 0. The quantitative estimate of drug-likeness (QED) is 0.916. The Morgan fingerprint density at radius 3 is 3.00 bits per heavy atom. The molecule has 2 aromatic heterocycles. The molecule has 7 heteroatoms. The Hall–Kier alpha value is -1.05. The van der Waals surface area contributed by atoms with Gasteiger partial charge in [-0.15, -0.1) is 10.2 Å². The molecule has 1 saturated carbocycles. The van der Waals surface area contributed by atoms with Crippen LogP contribution in [-0.4, -0.2) is 39.1 Å². The van der Waals surface area contributed by atoms with Crippen LogP contribution >= 0.6 is 11.3 Å². The summed E-state index contributed by atoms with van der Waals surface area (Å²) in [5.41, 5.74) is 6.38. The summed E-state index contributed by atoms with van der Waals surface area (Å²) in [6.45, 7) is 3.78. The molecule has 3 heterocycles. The lowest BCUT2D eigenvalue weighted by molar-refractivity contribution is 0.193. The molecule has 114 valence electrons. The molecule has 0 aromatic carbocycles. The Kier molecular flexibility index (Phi) is 3.24. The Balaban J connectivity index is 1.73. The van der Waals surface area contributed by atoms with Crippen LogP contribution in [0.5, 0.6) is 0 Å². The minimum Gasteiger partial charge on any atom is -0.381 e. The molecular formula is C14H21N5OS. The van der Waals surface area contributed by atoms with Crippen molar-refractivity contribution in [3.05, 3.63) is 10.8 Å². The van der Waals surface area contributed by atoms with Gasteiger partial charge in [0.15, 0.2) is 5.82 Å². The zero-order valence-electron chi connectivity index (χ0n) is 12.3. The molecule has 3 unspecified atom stereocenters. The van der Waals surface area contributed by atoms with E-state index in [1.807, 2.05) is 4.52 Å². The number of rotatable bonds is 2. The van der Waals surface area contributed by atoms with Crippen LogP contribution in [-0.2, 0) is 10.2 Å². The van der Waals surface area contributed by atoms with E-state index in [1.54, 1.807) is 11.3 Å². The topological polar surface area (TPSA) is 78.3 Å². The number of hydrogen-bond donors (Lipinski definition) is 1. The SMILES string of the molecule is CC1(c2nn3c(C4CCOC4)nnc3s2)CCCCC1N. The number of nitrogens with zero attached hydrogens (tertiary/aromatic N) is 4. The molecule has 1 aliphatic heterocycles. The van der Waals surface area contributed by atoms with E-state index in [0.29, 0.717) is 5.92 Å². The average molecular weight is 307 g/mol. The van der Waals surface area contributed by atoms with Crippen LogP contribution in [0.4, 0.5) is 0 Å². The van der Waals surface area contributed by atoms with Gasteiger partial charge in [0.05, 0.1) is 6.61 Å². The number of nitrogens with two attached hydrogens (primary N) is 1. The second-order valence-corrected chi connectivity index (χ2v) is 7.45. The molecule has 3 atom stereocenters. The van der Waals surface area contributed by atoms with Gasteiger partial charge in [0.2, 0.25) is 4.96 Å². The van der Waals surface area contributed by atoms with E-state index in [-0.39, 0.29) is 11.5 Å². The highest BCUT2D eigenvalue weighted by Crippen LogP contribution is 2.40. The lowest BCUT2D eigenvalue weighted by Gasteiger charge is -2.37. The van der Waals surface area contributed by atoms with E-state index >= 15 is 0 Å². The van der Waals surface area contributed by atoms with E-state index in [0.717, 1.165) is 48.3 Å². The first kappa shape index (κ1) is 13.6. The molecule has 6 nitrogen and oxygen atoms in total. The summed E-state index contributed by atoms with van der Waals surface area (Å²) >= 11 is 1.64. The standard InChI is InChI=1S/C14H21N5OS/c1-14(6-3-2-4-10(14)15)12-18-19-11(9-5-7-20-8-9)16-17-13(19)21-12/h9-10H,2-8,15H2,1H3. The highest BCUT2D eigenvalue weighted by molar-refractivity contribution is 7.16. The van der Waals surface area contributed by atoms with Gasteiger partial charge in [-0.1, -0.05) is 31.1 Å². The molecule has 2 aromatic rings. The second-order valence-electron chi connectivity index (χ2n) is 6.49. The number of aromatic nitrogens is 4. The molecule has 4 rings (SSSR count). The Morgan fingerprint density at radius 2 is 2.24 bits per heavy atom. The van der Waals surface area contributed by atoms with Crippen molar-refractivity contribution in [3.8, 4) is 0 Å². The van der Waals surface area contributed by atoms with Crippen molar-refractivity contribution >= 4 is 16.3 Å². The maximum absolute atomic E-state index is 6.40. The fourth-order valence-corrected chi connectivity index (χ4v) is 4.57. The minimum atomic E-state index is -0.0208. The van der Waals surface area contributed by atoms with Crippen LogP contribution in [0, 0.1) is 0 Å². The molecule has 0 radical (unpaired) electrons. The van der Waals surface area contributed by atoms with E-state index in [2.05, 4.69) is 17.1 Å². The third kappa shape index (κ3) is 2.10. The zero-order valence-corrected chi connectivity index (χ0v) is 13.1. The van der Waals surface area contributed by atoms with Gasteiger partial charge in [-0.2, -0.15) is 9.61 Å². The van der Waals surface area contributed by atoms with Crippen LogP contribution in [0.15, 0.2) is 0 Å². The minimum absolute atomic E-state index is 0.0208. The van der Waals surface area contributed by atoms with Gasteiger partial charge in [0.1, 0.15) is 5.01 Å². The molecule has 1 saturated heterocycles. The summed E-state index contributed by atoms with van der Waals surface area (Å²) in [5, 5.41) is 14.6. The van der Waals surface area contributed by atoms with Gasteiger partial charge in [0.25, 0.3) is 0 Å². The van der Waals surface area contributed by atoms with Crippen LogP contribution in [0.2, 0.25) is 0 Å². The van der Waals surface area contributed by atoms with Crippen molar-refractivity contribution in [2.75, 3.05) is 13.2 Å². The first-order valence-electron chi connectivity index (χ1n) is 7.74. The predicted octanol–water partition coefficient (Wildman–Crippen LogP) is 1.85. The van der Waals surface area contributed by atoms with Crippen LogP contribution in [0.25, 0.3) is 4.96 Å². The highest BCUT2D eigenvalue weighted by atomic mass is 32.1. The zero-order chi connectivity index (χ0) is 14.4. The van der Waals surface area contributed by atoms with Crippen molar-refractivity contribution < 1.29 is 4.74 Å². The lowest BCUT2D eigenvalue weighted by Crippen LogP contribution is -2.45. The van der Waals surface area contributed by atoms with Crippen LogP contribution < -0.4 is 5.73 Å². The third-order valence-corrected chi connectivity index (χ3v) is 6.26. The Labute approximate surface area is 127 Å². The summed E-state index contributed by atoms with van der Waals surface area (Å²) in [6, 6.07) is 0.188. The molecule has 21 heavy (non-hydrogen) atoms. The van der Waals surface area contributed by atoms with Crippen molar-refractivity contribution in [2.45, 2.75) is 56.4 Å². The molecular weight excluding hydrogens is 286 g/mol. The summed E-state index contributed by atoms with van der Waals surface area (Å²) < 4.78 is 7.39. The first-order valence-corrected chi connectivity index (χ1v) is 8.56. The molecule has 2 N–H and O–H groups in total. The predicted molar refractivity (Wildman–Crippen MR) is 80.6 cm³/mol. The smallest absolute Gasteiger partial charge is 0.234 e. The first-order chi connectivity index (χ1) is 10.2. The third-order valence-electron chi connectivity index (χ3n) is 5.08. The molecule has 0 spiro atoms. The maximum atomic E-state index is 6.40. The summed E-state index contributed by atoms with van der Waals surface area (Å²) in [6.07, 6.45) is 5.66. The monoisotopic (exact) mass is 307 g/mol. The van der Waals surface area contributed by atoms with Gasteiger partial charge in [-0.3, -0.25) is 0 Å². The number of ether oxygens (including phenoxy) is 1. The fourth-order valence-electron chi connectivity index (χ4n) is 3.48. The van der Waals surface area contributed by atoms with Crippen molar-refractivity contribution in [1.82, 2.24) is 19.8 Å². The average Bonchev–Trinajstić information content (AvgIpc) is 3.16. The number of fused-ring (bicyclic) bond motifs is 1. The normalized spacial score (nSPS) is 33.8. The largest absolute Gasteiger partial charge is 0.381 e. The molecule has 0 bridgehead atoms. The molecule has 0 amide bonds. The van der Waals surface area contributed by atoms with Gasteiger partial charge in [-0.25, -0.2) is 0 Å². The molecule has 1 aliphatic carbocycles. The van der Waals surface area contributed by atoms with E-state index < -0.39 is 0 Å². The Morgan fingerprint density at radius 1 is 1.33 bits per heavy atom. The van der Waals surface area contributed by atoms with E-state index in [4.69, 9.17) is 15.6 Å². The summed E-state index contributed by atoms with van der Waals surface area (Å²) in [4.78, 5) is 0.880. The Bertz CT molecular complexity index is 647. The molecule has 2 aliphatic rings. The summed E-state index contributed by atoms with van der Waals surface area (Å²) in [5.74, 6) is 1.26. The van der Waals surface area contributed by atoms with Crippen LogP contribution in [0.1, 0.15) is 55.8 Å². The van der Waals surface area contributed by atoms with Crippen molar-refractivity contribution in [2.24, 2.45) is 5.73 Å². The fraction of sp³-hybridized carbons (Fsp3) is 0.786. The highest BCUT2D eigenvalue weighted by Gasteiger charge is 2.39. The van der Waals surface area contributed by atoms with E-state index in [9.17, 15) is 0 Å².